The summed E-state index contributed by atoms with van der Waals surface area (Å²) >= 11 is 1.37. The first-order valence-corrected chi connectivity index (χ1v) is 13.5. The molecule has 3 aliphatic heterocycles. The third-order valence-corrected chi connectivity index (χ3v) is 9.32. The number of aromatic amines is 1. The van der Waals surface area contributed by atoms with Crippen molar-refractivity contribution in [3.63, 3.8) is 0 Å². The second kappa shape index (κ2) is 8.55. The van der Waals surface area contributed by atoms with Crippen molar-refractivity contribution in [2.45, 2.75) is 18.0 Å². The third kappa shape index (κ3) is 3.28. The van der Waals surface area contributed by atoms with Gasteiger partial charge in [0.2, 0.25) is 0 Å². The second-order valence-corrected chi connectivity index (χ2v) is 11.3. The van der Waals surface area contributed by atoms with Crippen LogP contribution in [0.15, 0.2) is 30.3 Å². The molecule has 38 heavy (non-hydrogen) atoms. The van der Waals surface area contributed by atoms with Crippen LogP contribution in [-0.2, 0) is 4.74 Å². The summed E-state index contributed by atoms with van der Waals surface area (Å²) in [5.41, 5.74) is 8.30. The highest BCUT2D eigenvalue weighted by Gasteiger charge is 2.54. The molecule has 3 fully saturated rings. The van der Waals surface area contributed by atoms with E-state index in [0.29, 0.717) is 77.5 Å². The lowest BCUT2D eigenvalue weighted by Gasteiger charge is -2.36. The first kappa shape index (κ1) is 23.7. The van der Waals surface area contributed by atoms with Crippen LogP contribution >= 0.6 is 11.3 Å². The van der Waals surface area contributed by atoms with Gasteiger partial charge in [0.15, 0.2) is 11.6 Å². The maximum Gasteiger partial charge on any atom is 0.334 e. The number of morpholine rings is 1. The molecule has 1 aromatic carbocycles. The molecule has 2 atom stereocenters. The van der Waals surface area contributed by atoms with Gasteiger partial charge in [-0.1, -0.05) is 12.1 Å². The monoisotopic (exact) mass is 533 g/mol. The molecule has 2 aromatic heterocycles. The number of likely N-dealkylation sites (tertiary alicyclic amines) is 1. The smallest absolute Gasteiger partial charge is 0.334 e. The summed E-state index contributed by atoms with van der Waals surface area (Å²) in [4.78, 5) is 43.7. The Morgan fingerprint density at radius 1 is 1.21 bits per heavy atom. The topological polar surface area (TPSA) is 137 Å². The minimum absolute atomic E-state index is 0.111. The predicted molar refractivity (Wildman–Crippen MR) is 141 cm³/mol. The molecule has 0 unspecified atom stereocenters. The third-order valence-electron chi connectivity index (χ3n) is 8.22. The lowest BCUT2D eigenvalue weighted by Crippen LogP contribution is -2.55. The number of carbonyl (C=O) groups is 3. The van der Waals surface area contributed by atoms with Gasteiger partial charge in [0.05, 0.1) is 51.0 Å². The molecule has 3 aromatic rings. The number of nitrogens with zero attached hydrogens (tertiary/aromatic N) is 4. The number of H-pyrrole nitrogens is 1. The van der Waals surface area contributed by atoms with E-state index in [0.717, 1.165) is 17.8 Å². The first-order chi connectivity index (χ1) is 18.4. The van der Waals surface area contributed by atoms with E-state index in [2.05, 4.69) is 20.4 Å². The maximum absolute atomic E-state index is 13.9. The van der Waals surface area contributed by atoms with Crippen LogP contribution in [0.5, 0.6) is 0 Å². The van der Waals surface area contributed by atoms with Crippen molar-refractivity contribution in [3.8, 4) is 21.8 Å². The van der Waals surface area contributed by atoms with Gasteiger partial charge in [-0.25, -0.2) is 14.8 Å². The maximum atomic E-state index is 13.9. The summed E-state index contributed by atoms with van der Waals surface area (Å²) in [5.74, 6) is -0.119. The van der Waals surface area contributed by atoms with E-state index in [9.17, 15) is 14.4 Å². The van der Waals surface area contributed by atoms with Gasteiger partial charge in [0, 0.05) is 37.8 Å². The number of nitrogens with two attached hydrogens (primary N) is 1. The zero-order chi connectivity index (χ0) is 26.2. The van der Waals surface area contributed by atoms with Crippen LogP contribution in [0.25, 0.3) is 21.8 Å². The zero-order valence-corrected chi connectivity index (χ0v) is 21.6. The van der Waals surface area contributed by atoms with Gasteiger partial charge in [0.25, 0.3) is 0 Å². The van der Waals surface area contributed by atoms with E-state index in [4.69, 9.17) is 10.5 Å². The van der Waals surface area contributed by atoms with E-state index in [-0.39, 0.29) is 11.6 Å². The van der Waals surface area contributed by atoms with Crippen molar-refractivity contribution >= 4 is 34.6 Å². The number of thiophene rings is 1. The highest BCUT2D eigenvalue weighted by molar-refractivity contribution is 7.17. The number of likely N-dealkylation sites (N-methyl/N-ethyl adjacent to an activating group) is 1. The molecule has 0 radical (unpaired) electrons. The Balaban J connectivity index is 1.24. The van der Waals surface area contributed by atoms with Gasteiger partial charge < -0.3 is 15.8 Å². The van der Waals surface area contributed by atoms with Crippen LogP contribution in [0.2, 0.25) is 0 Å². The number of hydrogen-bond acceptors (Lipinski definition) is 9. The number of nitrogens with one attached hydrogen (secondary N) is 2. The molecule has 4 N–H and O–H groups in total. The molecule has 0 saturated carbocycles. The number of ether oxygens (including phenoxy) is 1. The molecule has 12 heteroatoms. The molecule has 2 amide bonds. The van der Waals surface area contributed by atoms with Crippen molar-refractivity contribution in [1.29, 1.82) is 0 Å². The first-order valence-electron chi connectivity index (χ1n) is 12.7. The molecule has 2 bridgehead atoms. The predicted octanol–water partition coefficient (Wildman–Crippen LogP) is 1.71. The number of piperazine rings is 1. The fourth-order valence-electron chi connectivity index (χ4n) is 6.34. The van der Waals surface area contributed by atoms with Crippen LogP contribution in [0.3, 0.4) is 0 Å². The highest BCUT2D eigenvalue weighted by atomic mass is 32.1. The van der Waals surface area contributed by atoms with Gasteiger partial charge in [-0.15, -0.1) is 11.3 Å². The molecule has 196 valence electrons. The number of amides is 2. The van der Waals surface area contributed by atoms with E-state index in [1.807, 2.05) is 25.2 Å². The fraction of sp³-hybridized carbons (Fsp3) is 0.385. The summed E-state index contributed by atoms with van der Waals surface area (Å²) < 4.78 is 5.42. The normalized spacial score (nSPS) is 24.6. The summed E-state index contributed by atoms with van der Waals surface area (Å²) in [7, 11) is 2.01. The second-order valence-electron chi connectivity index (χ2n) is 10.3. The Labute approximate surface area is 222 Å². The summed E-state index contributed by atoms with van der Waals surface area (Å²) in [5, 5.41) is 14.1. The van der Waals surface area contributed by atoms with Crippen LogP contribution in [0.4, 0.5) is 10.5 Å². The molecule has 5 heterocycles. The molecule has 11 nitrogen and oxygen atoms in total. The number of ketones is 2. The van der Waals surface area contributed by atoms with E-state index in [1.165, 1.54) is 16.3 Å². The van der Waals surface area contributed by atoms with Crippen molar-refractivity contribution < 1.29 is 19.1 Å². The number of hydrogen-bond donors (Lipinski definition) is 3. The number of fused-ring (bicyclic) bond motifs is 5. The SMILES string of the molecule is CN1C[C@@H]2C[C@@]1(C(=O)c1ccc(-c3[nH]nc4c3C(=O)c3c-4cccc3N(C(N)=O)N3CCOCC3)s1)CN2. The Bertz CT molecular complexity index is 1490. The quantitative estimate of drug-likeness (QED) is 0.330. The molecular weight excluding hydrogens is 506 g/mol. The van der Waals surface area contributed by atoms with Crippen molar-refractivity contribution in [1.82, 2.24) is 25.4 Å². The summed E-state index contributed by atoms with van der Waals surface area (Å²) in [6.45, 7) is 3.40. The fourth-order valence-corrected chi connectivity index (χ4v) is 7.38. The number of hydrazine groups is 1. The molecule has 4 aliphatic rings. The standard InChI is InChI=1S/C26H27N7O4S/c1-31-12-14-11-26(31,13-28-14)24(35)18-6-5-17(38-18)22-20-21(29-30-22)15-3-2-4-16(19(15)23(20)34)33(25(27)36)32-7-9-37-10-8-32/h2-6,14,28H,7-13H2,1H3,(H2,27,36)(H,29,30)/t14-,26-/m0/s1. The Kier molecular flexibility index (Phi) is 5.33. The molecule has 3 saturated heterocycles. The molecular formula is C26H27N7O4S. The van der Waals surface area contributed by atoms with Gasteiger partial charge in [-0.2, -0.15) is 5.10 Å². The minimum atomic E-state index is -0.666. The van der Waals surface area contributed by atoms with Gasteiger partial charge >= 0.3 is 6.03 Å². The van der Waals surface area contributed by atoms with Gasteiger partial charge in [0.1, 0.15) is 5.69 Å². The van der Waals surface area contributed by atoms with Crippen LogP contribution in [0.1, 0.15) is 32.0 Å². The number of primary amides is 1. The van der Waals surface area contributed by atoms with E-state index >= 15 is 0 Å². The summed E-state index contributed by atoms with van der Waals surface area (Å²) in [6, 6.07) is 8.75. The lowest BCUT2D eigenvalue weighted by atomic mass is 9.92. The Hall–Kier alpha value is -3.42. The highest BCUT2D eigenvalue weighted by Crippen LogP contribution is 2.46. The largest absolute Gasteiger partial charge is 0.379 e. The molecule has 7 rings (SSSR count). The van der Waals surface area contributed by atoms with Crippen molar-refractivity contribution in [2.75, 3.05) is 51.4 Å². The van der Waals surface area contributed by atoms with Gasteiger partial charge in [-0.05, 0) is 31.7 Å². The minimum Gasteiger partial charge on any atom is -0.379 e. The van der Waals surface area contributed by atoms with E-state index in [1.54, 1.807) is 17.1 Å². The van der Waals surface area contributed by atoms with E-state index < -0.39 is 11.6 Å². The average molecular weight is 534 g/mol. The van der Waals surface area contributed by atoms with Gasteiger partial charge in [-0.3, -0.25) is 19.6 Å². The van der Waals surface area contributed by atoms with Crippen LogP contribution < -0.4 is 16.1 Å². The number of urea groups is 1. The average Bonchev–Trinajstić information content (AvgIpc) is 3.73. The number of aromatic nitrogens is 2. The lowest BCUT2D eigenvalue weighted by molar-refractivity contribution is 0.0364. The summed E-state index contributed by atoms with van der Waals surface area (Å²) in [6.07, 6.45) is 0.811. The number of rotatable bonds is 5. The number of Topliss-reactive ketones (excluding diaryl/α,β-unsaturated/α-hetero) is 1. The van der Waals surface area contributed by atoms with Crippen molar-refractivity contribution in [3.05, 3.63) is 46.3 Å². The number of benzene rings is 1. The Morgan fingerprint density at radius 2 is 2.03 bits per heavy atom. The zero-order valence-electron chi connectivity index (χ0n) is 20.8. The molecule has 1 aliphatic carbocycles. The number of carbonyl (C=O) groups excluding carboxylic acids is 3. The van der Waals surface area contributed by atoms with Crippen LogP contribution in [0, 0.1) is 0 Å². The Morgan fingerprint density at radius 3 is 2.74 bits per heavy atom. The number of anilines is 1. The molecule has 0 spiro atoms. The van der Waals surface area contributed by atoms with Crippen molar-refractivity contribution in [2.24, 2.45) is 5.73 Å². The van der Waals surface area contributed by atoms with Crippen LogP contribution in [-0.4, -0.2) is 95.7 Å².